The number of fused-ring (bicyclic) bond motifs is 1. The summed E-state index contributed by atoms with van der Waals surface area (Å²) in [5.41, 5.74) is 2.69. The summed E-state index contributed by atoms with van der Waals surface area (Å²) in [6, 6.07) is 15.2. The smallest absolute Gasteiger partial charge is 0.161 e. The zero-order chi connectivity index (χ0) is 19.3. The molecule has 0 saturated heterocycles. The minimum absolute atomic E-state index is 0.126. The van der Waals surface area contributed by atoms with Crippen LogP contribution < -0.4 is 14.8 Å². The Hall–Kier alpha value is -1.65. The highest BCUT2D eigenvalue weighted by Gasteiger charge is 2.36. The van der Waals surface area contributed by atoms with Gasteiger partial charge in [-0.05, 0) is 36.1 Å². The highest BCUT2D eigenvalue weighted by molar-refractivity contribution is 7.99. The van der Waals surface area contributed by atoms with Crippen molar-refractivity contribution in [2.24, 2.45) is 0 Å². The molecule has 4 heteroatoms. The maximum atomic E-state index is 5.61. The number of hydrogen-bond acceptors (Lipinski definition) is 4. The molecule has 146 valence electrons. The van der Waals surface area contributed by atoms with Gasteiger partial charge in [0.1, 0.15) is 0 Å². The fraction of sp³-hybridized carbons (Fsp3) is 0.478. The summed E-state index contributed by atoms with van der Waals surface area (Å²) in [4.78, 5) is 1.28. The average molecular weight is 386 g/mol. The Balaban J connectivity index is 2.10. The van der Waals surface area contributed by atoms with Crippen LogP contribution in [0.3, 0.4) is 0 Å². The van der Waals surface area contributed by atoms with Gasteiger partial charge >= 0.3 is 0 Å². The van der Waals surface area contributed by atoms with Gasteiger partial charge < -0.3 is 9.47 Å². The lowest BCUT2D eigenvalue weighted by atomic mass is 9.88. The molecule has 0 bridgehead atoms. The number of nitrogens with one attached hydrogen (secondary N) is 1. The van der Waals surface area contributed by atoms with Crippen LogP contribution in [0.1, 0.15) is 56.7 Å². The first-order chi connectivity index (χ1) is 13.2. The first-order valence-electron chi connectivity index (χ1n) is 9.87. The SMILES string of the molecule is CCCC[C@@]1(CC)CSc2cc(OC)c(OC)cc2[C@H](c2ccccc2)N1. The Morgan fingerprint density at radius 1 is 1.07 bits per heavy atom. The van der Waals surface area contributed by atoms with E-state index in [0.717, 1.165) is 23.7 Å². The monoisotopic (exact) mass is 385 g/mol. The van der Waals surface area contributed by atoms with Gasteiger partial charge in [-0.1, -0.05) is 57.0 Å². The molecule has 1 aliphatic heterocycles. The highest BCUT2D eigenvalue weighted by Crippen LogP contribution is 2.45. The van der Waals surface area contributed by atoms with E-state index in [4.69, 9.17) is 9.47 Å². The zero-order valence-corrected chi connectivity index (χ0v) is 17.7. The Kier molecular flexibility index (Phi) is 6.72. The molecule has 3 rings (SSSR count). The number of hydrogen-bond donors (Lipinski definition) is 1. The second kappa shape index (κ2) is 9.03. The summed E-state index contributed by atoms with van der Waals surface area (Å²) in [6.45, 7) is 4.58. The third-order valence-electron chi connectivity index (χ3n) is 5.60. The average Bonchev–Trinajstić information content (AvgIpc) is 2.89. The van der Waals surface area contributed by atoms with Gasteiger partial charge in [0, 0.05) is 16.2 Å². The predicted octanol–water partition coefficient (Wildman–Crippen LogP) is 5.83. The van der Waals surface area contributed by atoms with E-state index in [1.54, 1.807) is 14.2 Å². The van der Waals surface area contributed by atoms with Gasteiger partial charge in [0.15, 0.2) is 11.5 Å². The molecular formula is C23H31NO2S. The van der Waals surface area contributed by atoms with Crippen molar-refractivity contribution in [1.82, 2.24) is 5.32 Å². The van der Waals surface area contributed by atoms with E-state index in [1.165, 1.54) is 35.3 Å². The van der Waals surface area contributed by atoms with Gasteiger partial charge in [0.2, 0.25) is 0 Å². The minimum Gasteiger partial charge on any atom is -0.493 e. The Morgan fingerprint density at radius 3 is 2.41 bits per heavy atom. The molecule has 0 spiro atoms. The minimum atomic E-state index is 0.126. The molecule has 2 aromatic carbocycles. The van der Waals surface area contributed by atoms with E-state index in [2.05, 4.69) is 61.6 Å². The molecule has 0 aromatic heterocycles. The second-order valence-electron chi connectivity index (χ2n) is 7.26. The van der Waals surface area contributed by atoms with Crippen molar-refractivity contribution >= 4 is 11.8 Å². The summed E-state index contributed by atoms with van der Waals surface area (Å²) in [5.74, 6) is 2.65. The lowest BCUT2D eigenvalue weighted by molar-refractivity contribution is 0.297. The van der Waals surface area contributed by atoms with Crippen molar-refractivity contribution in [3.8, 4) is 11.5 Å². The van der Waals surface area contributed by atoms with Crippen LogP contribution in [0.5, 0.6) is 11.5 Å². The van der Waals surface area contributed by atoms with Crippen LogP contribution in [0.4, 0.5) is 0 Å². The molecule has 2 aromatic rings. The second-order valence-corrected chi connectivity index (χ2v) is 8.28. The summed E-state index contributed by atoms with van der Waals surface area (Å²) < 4.78 is 11.2. The van der Waals surface area contributed by atoms with Crippen LogP contribution in [0.15, 0.2) is 47.4 Å². The molecule has 1 aliphatic rings. The summed E-state index contributed by atoms with van der Waals surface area (Å²) in [5, 5.41) is 4.06. The zero-order valence-electron chi connectivity index (χ0n) is 16.9. The van der Waals surface area contributed by atoms with E-state index in [0.29, 0.717) is 0 Å². The van der Waals surface area contributed by atoms with Crippen LogP contribution in [0.2, 0.25) is 0 Å². The fourth-order valence-corrected chi connectivity index (χ4v) is 5.21. The third kappa shape index (κ3) is 4.27. The lowest BCUT2D eigenvalue weighted by Gasteiger charge is -2.36. The maximum absolute atomic E-state index is 5.61. The fourth-order valence-electron chi connectivity index (χ4n) is 3.82. The highest BCUT2D eigenvalue weighted by atomic mass is 32.2. The van der Waals surface area contributed by atoms with Crippen LogP contribution in [-0.2, 0) is 0 Å². The number of methoxy groups -OCH3 is 2. The van der Waals surface area contributed by atoms with E-state index < -0.39 is 0 Å². The van der Waals surface area contributed by atoms with Crippen molar-refractivity contribution in [2.45, 2.75) is 56.0 Å². The molecule has 0 fully saturated rings. The van der Waals surface area contributed by atoms with Crippen LogP contribution in [-0.4, -0.2) is 25.5 Å². The molecule has 3 nitrogen and oxygen atoms in total. The number of rotatable bonds is 7. The first kappa shape index (κ1) is 20.1. The molecule has 2 atom stereocenters. The van der Waals surface area contributed by atoms with Crippen LogP contribution in [0.25, 0.3) is 0 Å². The van der Waals surface area contributed by atoms with Gasteiger partial charge in [0.25, 0.3) is 0 Å². The van der Waals surface area contributed by atoms with Gasteiger partial charge in [-0.2, -0.15) is 0 Å². The topological polar surface area (TPSA) is 30.5 Å². The van der Waals surface area contributed by atoms with Gasteiger partial charge in [-0.3, -0.25) is 5.32 Å². The van der Waals surface area contributed by atoms with Gasteiger partial charge in [0.05, 0.1) is 20.3 Å². The third-order valence-corrected chi connectivity index (χ3v) is 6.96. The molecular weight excluding hydrogens is 354 g/mol. The van der Waals surface area contributed by atoms with Gasteiger partial charge in [-0.25, -0.2) is 0 Å². The van der Waals surface area contributed by atoms with Gasteiger partial charge in [-0.15, -0.1) is 11.8 Å². The Bertz CT molecular complexity index is 750. The summed E-state index contributed by atoms with van der Waals surface area (Å²) in [7, 11) is 3.41. The normalized spacial score (nSPS) is 22.0. The predicted molar refractivity (Wildman–Crippen MR) is 114 cm³/mol. The van der Waals surface area contributed by atoms with Crippen molar-refractivity contribution in [3.63, 3.8) is 0 Å². The van der Waals surface area contributed by atoms with E-state index in [9.17, 15) is 0 Å². The summed E-state index contributed by atoms with van der Waals surface area (Å²) >= 11 is 1.94. The van der Waals surface area contributed by atoms with E-state index in [1.807, 2.05) is 11.8 Å². The maximum Gasteiger partial charge on any atom is 0.161 e. The molecule has 0 saturated carbocycles. The first-order valence-corrected chi connectivity index (χ1v) is 10.9. The number of thioether (sulfide) groups is 1. The Morgan fingerprint density at radius 2 is 1.78 bits per heavy atom. The number of ether oxygens (including phenoxy) is 2. The molecule has 0 radical (unpaired) electrons. The number of unbranched alkanes of at least 4 members (excludes halogenated alkanes) is 1. The molecule has 1 heterocycles. The van der Waals surface area contributed by atoms with Crippen LogP contribution >= 0.6 is 11.8 Å². The molecule has 0 amide bonds. The van der Waals surface area contributed by atoms with E-state index >= 15 is 0 Å². The van der Waals surface area contributed by atoms with Crippen LogP contribution in [0, 0.1) is 0 Å². The quantitative estimate of drug-likeness (QED) is 0.650. The van der Waals surface area contributed by atoms with E-state index in [-0.39, 0.29) is 11.6 Å². The molecule has 0 aliphatic carbocycles. The van der Waals surface area contributed by atoms with Crippen molar-refractivity contribution in [3.05, 3.63) is 53.6 Å². The Labute approximate surface area is 167 Å². The molecule has 27 heavy (non-hydrogen) atoms. The van der Waals surface area contributed by atoms with Crippen molar-refractivity contribution < 1.29 is 9.47 Å². The number of benzene rings is 2. The lowest BCUT2D eigenvalue weighted by Crippen LogP contribution is -2.48. The summed E-state index contributed by atoms with van der Waals surface area (Å²) in [6.07, 6.45) is 4.77. The standard InChI is InChI=1S/C23H31NO2S/c1-5-7-13-23(6-2)16-27-21-15-20(26-4)19(25-3)14-18(21)22(24-23)17-11-9-8-10-12-17/h8-12,14-15,22,24H,5-7,13,16H2,1-4H3/t22-,23-/m0/s1. The largest absolute Gasteiger partial charge is 0.493 e. The molecule has 1 N–H and O–H groups in total. The van der Waals surface area contributed by atoms with Crippen molar-refractivity contribution in [1.29, 1.82) is 0 Å². The molecule has 0 unspecified atom stereocenters. The van der Waals surface area contributed by atoms with Crippen molar-refractivity contribution in [2.75, 3.05) is 20.0 Å².